The Bertz CT molecular complexity index is 947. The largest absolute Gasteiger partial charge is 0.497 e. The van der Waals surface area contributed by atoms with Gasteiger partial charge in [-0.15, -0.1) is 0 Å². The summed E-state index contributed by atoms with van der Waals surface area (Å²) in [6, 6.07) is 5.28. The van der Waals surface area contributed by atoms with Gasteiger partial charge in [-0.3, -0.25) is 8.98 Å². The first-order valence-corrected chi connectivity index (χ1v) is 10.2. The highest BCUT2D eigenvalue weighted by Crippen LogP contribution is 2.29. The van der Waals surface area contributed by atoms with E-state index < -0.39 is 21.7 Å². The molecule has 0 radical (unpaired) electrons. The topological polar surface area (TPSA) is 87.1 Å². The van der Waals surface area contributed by atoms with Crippen LogP contribution in [0.15, 0.2) is 24.4 Å². The second kappa shape index (κ2) is 8.50. The van der Waals surface area contributed by atoms with Crippen molar-refractivity contribution in [2.24, 2.45) is 5.41 Å². The molecule has 1 aromatic heterocycles. The highest BCUT2D eigenvalue weighted by atomic mass is 32.2. The van der Waals surface area contributed by atoms with Crippen LogP contribution in [0.3, 0.4) is 0 Å². The van der Waals surface area contributed by atoms with Gasteiger partial charge in [-0.2, -0.15) is 8.42 Å². The molecule has 2 rings (SSSR count). The van der Waals surface area contributed by atoms with Crippen LogP contribution in [-0.4, -0.2) is 64.7 Å². The maximum absolute atomic E-state index is 12.9. The molecule has 28 heavy (non-hydrogen) atoms. The Balaban J connectivity index is 2.44. The van der Waals surface area contributed by atoms with E-state index in [9.17, 15) is 13.2 Å². The Kier molecular flexibility index (Phi) is 6.74. The average molecular weight is 413 g/mol. The summed E-state index contributed by atoms with van der Waals surface area (Å²) in [5.41, 5.74) is 0.241. The SMILES string of the molecule is COC(=O)C(C)(C)COS(=O)(=O)n1cc(CCN(C)C)c2ccc(OC)cc21. The zero-order chi connectivity index (χ0) is 21.1. The molecule has 0 saturated carbocycles. The van der Waals surface area contributed by atoms with Crippen molar-refractivity contribution in [3.8, 4) is 5.75 Å². The lowest BCUT2D eigenvalue weighted by atomic mass is 9.95. The lowest BCUT2D eigenvalue weighted by Crippen LogP contribution is -2.33. The Morgan fingerprint density at radius 2 is 1.89 bits per heavy atom. The lowest BCUT2D eigenvalue weighted by Gasteiger charge is -2.21. The normalized spacial score (nSPS) is 12.5. The Morgan fingerprint density at radius 1 is 1.21 bits per heavy atom. The minimum atomic E-state index is -4.16. The van der Waals surface area contributed by atoms with Gasteiger partial charge in [-0.25, -0.2) is 3.97 Å². The summed E-state index contributed by atoms with van der Waals surface area (Å²) in [6.07, 6.45) is 2.24. The molecule has 156 valence electrons. The molecule has 0 aliphatic heterocycles. The van der Waals surface area contributed by atoms with Crippen molar-refractivity contribution < 1.29 is 26.9 Å². The van der Waals surface area contributed by atoms with E-state index in [2.05, 4.69) is 0 Å². The number of aromatic nitrogens is 1. The number of carbonyl (C=O) groups excluding carboxylic acids is 1. The van der Waals surface area contributed by atoms with Crippen LogP contribution in [0.25, 0.3) is 10.9 Å². The van der Waals surface area contributed by atoms with E-state index in [0.29, 0.717) is 17.7 Å². The van der Waals surface area contributed by atoms with Gasteiger partial charge < -0.3 is 14.4 Å². The molecule has 0 amide bonds. The quantitative estimate of drug-likeness (QED) is 0.583. The summed E-state index contributed by atoms with van der Waals surface area (Å²) in [5.74, 6) is -0.00972. The van der Waals surface area contributed by atoms with Gasteiger partial charge in [0.1, 0.15) is 5.75 Å². The molecule has 8 nitrogen and oxygen atoms in total. The number of benzene rings is 1. The molecule has 0 atom stereocenters. The number of fused-ring (bicyclic) bond motifs is 1. The lowest BCUT2D eigenvalue weighted by molar-refractivity contribution is -0.152. The van der Waals surface area contributed by atoms with Crippen molar-refractivity contribution in [3.05, 3.63) is 30.0 Å². The van der Waals surface area contributed by atoms with Crippen LogP contribution in [0.4, 0.5) is 0 Å². The highest BCUT2D eigenvalue weighted by Gasteiger charge is 2.32. The summed E-state index contributed by atoms with van der Waals surface area (Å²) in [6.45, 7) is 3.56. The average Bonchev–Trinajstić information content (AvgIpc) is 3.02. The fourth-order valence-corrected chi connectivity index (χ4v) is 3.92. The molecule has 2 aromatic rings. The molecular formula is C19H28N2O6S. The number of methoxy groups -OCH3 is 2. The van der Waals surface area contributed by atoms with E-state index in [0.717, 1.165) is 21.5 Å². The molecule has 9 heteroatoms. The smallest absolute Gasteiger partial charge is 0.366 e. The van der Waals surface area contributed by atoms with Crippen LogP contribution in [0.1, 0.15) is 19.4 Å². The van der Waals surface area contributed by atoms with Crippen molar-refractivity contribution in [1.29, 1.82) is 0 Å². The van der Waals surface area contributed by atoms with E-state index >= 15 is 0 Å². The third-order valence-electron chi connectivity index (χ3n) is 4.44. The van der Waals surface area contributed by atoms with Gasteiger partial charge in [0.15, 0.2) is 0 Å². The minimum Gasteiger partial charge on any atom is -0.497 e. The first-order chi connectivity index (χ1) is 13.0. The molecule has 1 aromatic carbocycles. The second-order valence-corrected chi connectivity index (χ2v) is 8.97. The molecule has 0 aliphatic rings. The number of ether oxygens (including phenoxy) is 2. The third kappa shape index (κ3) is 4.84. The second-order valence-electron chi connectivity index (χ2n) is 7.48. The number of esters is 1. The standard InChI is InChI=1S/C19H28N2O6S/c1-19(2,18(22)26-6)13-27-28(23,24)21-12-14(9-10-20(3)4)16-8-7-15(25-5)11-17(16)21/h7-8,11-12H,9-10,13H2,1-6H3. The maximum atomic E-state index is 12.9. The van der Waals surface area contributed by atoms with Gasteiger partial charge in [0.25, 0.3) is 0 Å². The van der Waals surface area contributed by atoms with Crippen molar-refractivity contribution in [2.45, 2.75) is 20.3 Å². The minimum absolute atomic E-state index is 0.335. The summed E-state index contributed by atoms with van der Waals surface area (Å²) < 4.78 is 42.0. The monoisotopic (exact) mass is 412 g/mol. The number of likely N-dealkylation sites (N-methyl/N-ethyl adjacent to an activating group) is 1. The summed E-state index contributed by atoms with van der Waals surface area (Å²) >= 11 is 0. The molecule has 0 spiro atoms. The van der Waals surface area contributed by atoms with Crippen LogP contribution < -0.4 is 4.74 Å². The van der Waals surface area contributed by atoms with Crippen molar-refractivity contribution >= 4 is 27.2 Å². The molecule has 0 aliphatic carbocycles. The molecular weight excluding hydrogens is 384 g/mol. The maximum Gasteiger partial charge on any atom is 0.366 e. The van der Waals surface area contributed by atoms with Gasteiger partial charge in [0.05, 0.1) is 31.8 Å². The van der Waals surface area contributed by atoms with Gasteiger partial charge in [-0.1, -0.05) is 0 Å². The summed E-state index contributed by atoms with van der Waals surface area (Å²) in [7, 11) is 2.52. The molecule has 0 saturated heterocycles. The Hall–Kier alpha value is -2.10. The zero-order valence-corrected chi connectivity index (χ0v) is 18.0. The van der Waals surface area contributed by atoms with E-state index in [-0.39, 0.29) is 6.61 Å². The van der Waals surface area contributed by atoms with Gasteiger partial charge in [0.2, 0.25) is 0 Å². The third-order valence-corrected chi connectivity index (χ3v) is 5.64. The Labute approximate surface area is 166 Å². The van der Waals surface area contributed by atoms with E-state index in [1.165, 1.54) is 14.2 Å². The number of hydrogen-bond acceptors (Lipinski definition) is 7. The van der Waals surface area contributed by atoms with E-state index in [4.69, 9.17) is 13.7 Å². The number of rotatable bonds is 9. The van der Waals surface area contributed by atoms with Crippen LogP contribution in [-0.2, 0) is 30.4 Å². The number of carbonyl (C=O) groups is 1. The van der Waals surface area contributed by atoms with Gasteiger partial charge in [0, 0.05) is 24.2 Å². The van der Waals surface area contributed by atoms with Gasteiger partial charge in [-0.05, 0) is 52.1 Å². The zero-order valence-electron chi connectivity index (χ0n) is 17.2. The van der Waals surface area contributed by atoms with Crippen molar-refractivity contribution in [3.63, 3.8) is 0 Å². The molecule has 0 unspecified atom stereocenters. The number of nitrogens with zero attached hydrogens (tertiary/aromatic N) is 2. The molecule has 0 fully saturated rings. The predicted octanol–water partition coefficient (Wildman–Crippen LogP) is 2.06. The van der Waals surface area contributed by atoms with Crippen LogP contribution >= 0.6 is 0 Å². The van der Waals surface area contributed by atoms with Crippen molar-refractivity contribution in [1.82, 2.24) is 8.87 Å². The predicted molar refractivity (Wildman–Crippen MR) is 107 cm³/mol. The Morgan fingerprint density at radius 3 is 2.46 bits per heavy atom. The van der Waals surface area contributed by atoms with Crippen LogP contribution in [0.2, 0.25) is 0 Å². The first-order valence-electron chi connectivity index (χ1n) is 8.83. The van der Waals surface area contributed by atoms with Crippen molar-refractivity contribution in [2.75, 3.05) is 41.5 Å². The van der Waals surface area contributed by atoms with Crippen LogP contribution in [0, 0.1) is 5.41 Å². The van der Waals surface area contributed by atoms with E-state index in [1.807, 2.05) is 25.1 Å². The fourth-order valence-electron chi connectivity index (χ4n) is 2.71. The molecule has 1 heterocycles. The first kappa shape index (κ1) is 22.2. The fraction of sp³-hybridized carbons (Fsp3) is 0.526. The molecule has 0 bridgehead atoms. The highest BCUT2D eigenvalue weighted by molar-refractivity contribution is 7.85. The number of hydrogen-bond donors (Lipinski definition) is 0. The van der Waals surface area contributed by atoms with Crippen LogP contribution in [0.5, 0.6) is 5.75 Å². The summed E-state index contributed by atoms with van der Waals surface area (Å²) in [4.78, 5) is 13.8. The molecule has 0 N–H and O–H groups in total. The van der Waals surface area contributed by atoms with E-state index in [1.54, 1.807) is 32.2 Å². The summed E-state index contributed by atoms with van der Waals surface area (Å²) in [5, 5.41) is 0.807. The van der Waals surface area contributed by atoms with Gasteiger partial charge >= 0.3 is 16.3 Å².